The maximum absolute atomic E-state index is 5.62. The number of rotatable bonds is 2. The van der Waals surface area contributed by atoms with E-state index in [0.717, 1.165) is 16.9 Å². The summed E-state index contributed by atoms with van der Waals surface area (Å²) in [6, 6.07) is 3.70. The maximum Gasteiger partial charge on any atom is 0.106 e. The normalized spacial score (nSPS) is 10.2. The molecule has 0 unspecified atom stereocenters. The van der Waals surface area contributed by atoms with Crippen molar-refractivity contribution >= 4 is 17.2 Å². The second kappa shape index (κ2) is 3.78. The van der Waals surface area contributed by atoms with E-state index < -0.39 is 0 Å². The third-order valence-corrected chi connectivity index (χ3v) is 2.25. The SMILES string of the molecule is Cc1ccn(-c2cnccc2C(N)=S)n1. The summed E-state index contributed by atoms with van der Waals surface area (Å²) >= 11 is 4.97. The van der Waals surface area contributed by atoms with Gasteiger partial charge in [0.25, 0.3) is 0 Å². The number of hydrogen-bond acceptors (Lipinski definition) is 3. The van der Waals surface area contributed by atoms with Crippen molar-refractivity contribution in [3.05, 3.63) is 42.0 Å². The molecule has 0 bridgehead atoms. The third kappa shape index (κ3) is 1.87. The Balaban J connectivity index is 2.57. The van der Waals surface area contributed by atoms with Gasteiger partial charge in [0.1, 0.15) is 4.99 Å². The van der Waals surface area contributed by atoms with Crippen LogP contribution in [0.25, 0.3) is 5.69 Å². The number of aromatic nitrogens is 3. The summed E-state index contributed by atoms with van der Waals surface area (Å²) in [7, 11) is 0. The number of hydrogen-bond donors (Lipinski definition) is 1. The van der Waals surface area contributed by atoms with Crippen molar-refractivity contribution in [3.8, 4) is 5.69 Å². The molecular formula is C10H10N4S. The number of pyridine rings is 1. The second-order valence-corrected chi connectivity index (χ2v) is 3.60. The second-order valence-electron chi connectivity index (χ2n) is 3.16. The van der Waals surface area contributed by atoms with E-state index >= 15 is 0 Å². The fourth-order valence-corrected chi connectivity index (χ4v) is 1.50. The Kier molecular flexibility index (Phi) is 2.47. The summed E-state index contributed by atoms with van der Waals surface area (Å²) in [6.45, 7) is 1.92. The van der Waals surface area contributed by atoms with Crippen LogP contribution < -0.4 is 5.73 Å². The van der Waals surface area contributed by atoms with Crippen molar-refractivity contribution in [1.82, 2.24) is 14.8 Å². The van der Waals surface area contributed by atoms with Gasteiger partial charge in [0, 0.05) is 18.0 Å². The number of nitrogens with zero attached hydrogens (tertiary/aromatic N) is 3. The Morgan fingerprint density at radius 1 is 1.47 bits per heavy atom. The molecule has 0 spiro atoms. The van der Waals surface area contributed by atoms with Gasteiger partial charge in [0.05, 0.1) is 17.6 Å². The highest BCUT2D eigenvalue weighted by Crippen LogP contribution is 2.12. The minimum atomic E-state index is 0.348. The van der Waals surface area contributed by atoms with Crippen molar-refractivity contribution in [2.75, 3.05) is 0 Å². The smallest absolute Gasteiger partial charge is 0.106 e. The first-order valence-electron chi connectivity index (χ1n) is 4.45. The van der Waals surface area contributed by atoms with Gasteiger partial charge in [-0.15, -0.1) is 0 Å². The predicted molar refractivity (Wildman–Crippen MR) is 62.0 cm³/mol. The molecular weight excluding hydrogens is 208 g/mol. The van der Waals surface area contributed by atoms with Gasteiger partial charge in [0.2, 0.25) is 0 Å². The topological polar surface area (TPSA) is 56.7 Å². The summed E-state index contributed by atoms with van der Waals surface area (Å²) in [4.78, 5) is 4.39. The Labute approximate surface area is 92.7 Å². The molecule has 76 valence electrons. The lowest BCUT2D eigenvalue weighted by Crippen LogP contribution is -2.13. The summed E-state index contributed by atoms with van der Waals surface area (Å²) in [5.74, 6) is 0. The molecule has 0 amide bonds. The molecule has 2 aromatic rings. The lowest BCUT2D eigenvalue weighted by atomic mass is 10.2. The van der Waals surface area contributed by atoms with Gasteiger partial charge in [-0.2, -0.15) is 5.10 Å². The molecule has 0 aromatic carbocycles. The van der Waals surface area contributed by atoms with E-state index in [9.17, 15) is 0 Å². The van der Waals surface area contributed by atoms with Crippen molar-refractivity contribution < 1.29 is 0 Å². The van der Waals surface area contributed by atoms with Crippen LogP contribution in [0.4, 0.5) is 0 Å². The Morgan fingerprint density at radius 2 is 2.27 bits per heavy atom. The van der Waals surface area contributed by atoms with Gasteiger partial charge in [-0.1, -0.05) is 12.2 Å². The van der Waals surface area contributed by atoms with Gasteiger partial charge >= 0.3 is 0 Å². The van der Waals surface area contributed by atoms with Crippen molar-refractivity contribution in [2.45, 2.75) is 6.92 Å². The van der Waals surface area contributed by atoms with Gasteiger partial charge in [-0.25, -0.2) is 4.68 Å². The molecule has 0 radical (unpaired) electrons. The van der Waals surface area contributed by atoms with Crippen LogP contribution in [0, 0.1) is 6.92 Å². The first kappa shape index (κ1) is 9.79. The highest BCUT2D eigenvalue weighted by atomic mass is 32.1. The molecule has 0 aliphatic carbocycles. The van der Waals surface area contributed by atoms with Crippen molar-refractivity contribution in [1.29, 1.82) is 0 Å². The van der Waals surface area contributed by atoms with Crippen LogP contribution >= 0.6 is 12.2 Å². The monoisotopic (exact) mass is 218 g/mol. The first-order valence-corrected chi connectivity index (χ1v) is 4.86. The standard InChI is InChI=1S/C10H10N4S/c1-7-3-5-14(13-7)9-6-12-4-2-8(9)10(11)15/h2-6H,1H3,(H2,11,15). The fourth-order valence-electron chi connectivity index (χ4n) is 1.33. The molecule has 0 saturated heterocycles. The highest BCUT2D eigenvalue weighted by Gasteiger charge is 2.07. The molecule has 2 rings (SSSR count). The summed E-state index contributed by atoms with van der Waals surface area (Å²) in [5.41, 5.74) is 8.14. The first-order chi connectivity index (χ1) is 7.18. The quantitative estimate of drug-likeness (QED) is 0.770. The molecule has 15 heavy (non-hydrogen) atoms. The Hall–Kier alpha value is -1.75. The van der Waals surface area contributed by atoms with Crippen LogP contribution in [0.3, 0.4) is 0 Å². The third-order valence-electron chi connectivity index (χ3n) is 2.03. The molecule has 5 heteroatoms. The van der Waals surface area contributed by atoms with Crippen molar-refractivity contribution in [3.63, 3.8) is 0 Å². The van der Waals surface area contributed by atoms with Crippen LogP contribution in [-0.2, 0) is 0 Å². The maximum atomic E-state index is 5.62. The molecule has 0 fully saturated rings. The predicted octanol–water partition coefficient (Wildman–Crippen LogP) is 1.21. The highest BCUT2D eigenvalue weighted by molar-refractivity contribution is 7.80. The van der Waals surface area contributed by atoms with Crippen molar-refractivity contribution in [2.24, 2.45) is 5.73 Å². The van der Waals surface area contributed by atoms with E-state index in [-0.39, 0.29) is 0 Å². The van der Waals surface area contributed by atoms with E-state index in [0.29, 0.717) is 4.99 Å². The van der Waals surface area contributed by atoms with E-state index in [1.807, 2.05) is 19.2 Å². The molecule has 2 aromatic heterocycles. The number of nitrogens with two attached hydrogens (primary N) is 1. The average Bonchev–Trinajstić information content (AvgIpc) is 2.65. The molecule has 2 N–H and O–H groups in total. The van der Waals surface area contributed by atoms with E-state index in [2.05, 4.69) is 10.1 Å². The Bertz CT molecular complexity index is 504. The number of aryl methyl sites for hydroxylation is 1. The van der Waals surface area contributed by atoms with Crippen LogP contribution in [0.1, 0.15) is 11.3 Å². The zero-order valence-electron chi connectivity index (χ0n) is 8.21. The molecule has 0 aliphatic rings. The minimum Gasteiger partial charge on any atom is -0.389 e. The average molecular weight is 218 g/mol. The van der Waals surface area contributed by atoms with Gasteiger partial charge < -0.3 is 5.73 Å². The molecule has 0 atom stereocenters. The fraction of sp³-hybridized carbons (Fsp3) is 0.100. The zero-order valence-corrected chi connectivity index (χ0v) is 9.03. The number of thiocarbonyl (C=S) groups is 1. The molecule has 4 nitrogen and oxygen atoms in total. The van der Waals surface area contributed by atoms with Gasteiger partial charge in [-0.3, -0.25) is 4.98 Å². The summed E-state index contributed by atoms with van der Waals surface area (Å²) in [6.07, 6.45) is 5.21. The van der Waals surface area contributed by atoms with Crippen LogP contribution in [0.2, 0.25) is 0 Å². The molecule has 0 aliphatic heterocycles. The minimum absolute atomic E-state index is 0.348. The lowest BCUT2D eigenvalue weighted by Gasteiger charge is -2.06. The van der Waals surface area contributed by atoms with Crippen LogP contribution in [0.15, 0.2) is 30.7 Å². The van der Waals surface area contributed by atoms with E-state index in [4.69, 9.17) is 18.0 Å². The van der Waals surface area contributed by atoms with Crippen LogP contribution in [0.5, 0.6) is 0 Å². The summed E-state index contributed by atoms with van der Waals surface area (Å²) in [5, 5.41) is 4.29. The van der Waals surface area contributed by atoms with E-state index in [1.54, 1.807) is 23.1 Å². The lowest BCUT2D eigenvalue weighted by molar-refractivity contribution is 0.855. The Morgan fingerprint density at radius 3 is 2.87 bits per heavy atom. The van der Waals surface area contributed by atoms with Gasteiger partial charge in [0.15, 0.2) is 0 Å². The largest absolute Gasteiger partial charge is 0.389 e. The van der Waals surface area contributed by atoms with Crippen LogP contribution in [-0.4, -0.2) is 19.8 Å². The summed E-state index contributed by atoms with van der Waals surface area (Å²) < 4.78 is 1.72. The van der Waals surface area contributed by atoms with Gasteiger partial charge in [-0.05, 0) is 19.1 Å². The van der Waals surface area contributed by atoms with E-state index in [1.165, 1.54) is 0 Å². The molecule has 2 heterocycles. The zero-order chi connectivity index (χ0) is 10.8. The molecule has 0 saturated carbocycles.